The van der Waals surface area contributed by atoms with Crippen molar-refractivity contribution in [1.82, 2.24) is 4.31 Å². The van der Waals surface area contributed by atoms with Gasteiger partial charge in [0.1, 0.15) is 0 Å². The first-order valence-electron chi connectivity index (χ1n) is 7.86. The van der Waals surface area contributed by atoms with Crippen molar-refractivity contribution in [3.05, 3.63) is 51.2 Å². The molecule has 24 heavy (non-hydrogen) atoms. The number of rotatable bonds is 5. The van der Waals surface area contributed by atoms with Crippen LogP contribution in [-0.2, 0) is 21.3 Å². The van der Waals surface area contributed by atoms with Crippen molar-refractivity contribution < 1.29 is 13.2 Å². The number of aryl methyl sites for hydroxylation is 1. The molecule has 0 saturated carbocycles. The average Bonchev–Trinajstić information content (AvgIpc) is 3.08. The van der Waals surface area contributed by atoms with Crippen LogP contribution in [0.15, 0.2) is 40.6 Å². The van der Waals surface area contributed by atoms with Gasteiger partial charge in [0, 0.05) is 35.7 Å². The van der Waals surface area contributed by atoms with Crippen LogP contribution in [0.1, 0.15) is 23.3 Å². The lowest BCUT2D eigenvalue weighted by Crippen LogP contribution is -2.42. The molecule has 0 bridgehead atoms. The first-order valence-corrected chi connectivity index (χ1v) is 10.6. The summed E-state index contributed by atoms with van der Waals surface area (Å²) in [5.41, 5.74) is 0.711. The summed E-state index contributed by atoms with van der Waals surface area (Å²) in [6.45, 7) is 3.37. The van der Waals surface area contributed by atoms with Gasteiger partial charge in [0.15, 0.2) is 0 Å². The monoisotopic (exact) mass is 385 g/mol. The van der Waals surface area contributed by atoms with Gasteiger partial charge in [-0.1, -0.05) is 23.7 Å². The minimum atomic E-state index is -3.63. The van der Waals surface area contributed by atoms with Gasteiger partial charge in [0.2, 0.25) is 10.0 Å². The fraction of sp³-hybridized carbons (Fsp3) is 0.412. The third kappa shape index (κ3) is 3.83. The highest BCUT2D eigenvalue weighted by Crippen LogP contribution is 2.30. The van der Waals surface area contributed by atoms with E-state index in [-0.39, 0.29) is 10.9 Å². The van der Waals surface area contributed by atoms with E-state index in [0.717, 1.165) is 4.88 Å². The summed E-state index contributed by atoms with van der Waals surface area (Å²) in [7, 11) is -3.63. The van der Waals surface area contributed by atoms with Gasteiger partial charge in [-0.05, 0) is 48.9 Å². The maximum Gasteiger partial charge on any atom is 0.243 e. The molecule has 2 heterocycles. The normalized spacial score (nSPS) is 16.6. The molecule has 0 radical (unpaired) electrons. The number of thiophene rings is 1. The maximum atomic E-state index is 13.4. The molecule has 1 aliphatic rings. The van der Waals surface area contributed by atoms with Crippen LogP contribution in [0.5, 0.6) is 0 Å². The third-order valence-electron chi connectivity index (χ3n) is 4.23. The van der Waals surface area contributed by atoms with Gasteiger partial charge in [-0.15, -0.1) is 11.3 Å². The number of sulfonamides is 1. The van der Waals surface area contributed by atoms with Gasteiger partial charge in [0.25, 0.3) is 0 Å². The summed E-state index contributed by atoms with van der Waals surface area (Å²) < 4.78 is 33.8. The number of hydrogen-bond donors (Lipinski definition) is 0. The van der Waals surface area contributed by atoms with Gasteiger partial charge >= 0.3 is 0 Å². The molecular formula is C17H20ClNO3S2. The summed E-state index contributed by atoms with van der Waals surface area (Å²) in [4.78, 5) is 1.32. The fourth-order valence-corrected chi connectivity index (χ4v) is 5.85. The molecule has 0 atom stereocenters. The minimum Gasteiger partial charge on any atom is -0.381 e. The van der Waals surface area contributed by atoms with Crippen LogP contribution in [-0.4, -0.2) is 32.0 Å². The van der Waals surface area contributed by atoms with E-state index >= 15 is 0 Å². The van der Waals surface area contributed by atoms with E-state index in [1.54, 1.807) is 40.8 Å². The van der Waals surface area contributed by atoms with Crippen LogP contribution in [0, 0.1) is 6.92 Å². The summed E-state index contributed by atoms with van der Waals surface area (Å²) in [6.07, 6.45) is 1.43. The van der Waals surface area contributed by atoms with E-state index in [4.69, 9.17) is 16.3 Å². The molecule has 0 spiro atoms. The largest absolute Gasteiger partial charge is 0.381 e. The predicted octanol–water partition coefficient (Wildman–Crippen LogP) is 4.08. The highest BCUT2D eigenvalue weighted by Gasteiger charge is 2.34. The van der Waals surface area contributed by atoms with Crippen molar-refractivity contribution >= 4 is 33.0 Å². The standard InChI is InChI=1S/C17H20ClNO3S2/c1-13-4-5-14(18)11-17(13)24(20,21)19(12-16-3-2-10-23-16)15-6-8-22-9-7-15/h2-5,10-11,15H,6-9,12H2,1H3. The van der Waals surface area contributed by atoms with Gasteiger partial charge in [-0.3, -0.25) is 0 Å². The van der Waals surface area contributed by atoms with E-state index in [0.29, 0.717) is 43.2 Å². The molecule has 1 aliphatic heterocycles. The Labute approximate surface area is 152 Å². The molecule has 1 fully saturated rings. The second kappa shape index (κ2) is 7.54. The Hall–Kier alpha value is -0.920. The molecule has 3 rings (SSSR count). The molecule has 1 aromatic carbocycles. The quantitative estimate of drug-likeness (QED) is 0.779. The Morgan fingerprint density at radius 3 is 2.71 bits per heavy atom. The Morgan fingerprint density at radius 1 is 1.29 bits per heavy atom. The number of nitrogens with zero attached hydrogens (tertiary/aromatic N) is 1. The molecule has 4 nitrogen and oxygen atoms in total. The summed E-state index contributed by atoms with van der Waals surface area (Å²) in [5.74, 6) is 0. The zero-order chi connectivity index (χ0) is 17.2. The predicted molar refractivity (Wildman–Crippen MR) is 97.1 cm³/mol. The van der Waals surface area contributed by atoms with Crippen LogP contribution < -0.4 is 0 Å². The lowest BCUT2D eigenvalue weighted by atomic mass is 10.1. The maximum absolute atomic E-state index is 13.4. The van der Waals surface area contributed by atoms with Crippen molar-refractivity contribution in [2.45, 2.75) is 37.2 Å². The second-order valence-electron chi connectivity index (χ2n) is 5.88. The Morgan fingerprint density at radius 2 is 2.04 bits per heavy atom. The lowest BCUT2D eigenvalue weighted by Gasteiger charge is -2.33. The minimum absolute atomic E-state index is 0.0516. The first kappa shape index (κ1) is 17.9. The topological polar surface area (TPSA) is 46.6 Å². The number of hydrogen-bond acceptors (Lipinski definition) is 4. The summed E-state index contributed by atoms with van der Waals surface area (Å²) in [6, 6.07) is 8.88. The molecule has 2 aromatic rings. The zero-order valence-corrected chi connectivity index (χ0v) is 15.8. The highest BCUT2D eigenvalue weighted by molar-refractivity contribution is 7.89. The van der Waals surface area contributed by atoms with E-state index in [1.807, 2.05) is 17.5 Å². The van der Waals surface area contributed by atoms with Crippen LogP contribution in [0.4, 0.5) is 0 Å². The van der Waals surface area contributed by atoms with Crippen molar-refractivity contribution in [2.24, 2.45) is 0 Å². The van der Waals surface area contributed by atoms with Gasteiger partial charge < -0.3 is 4.74 Å². The lowest BCUT2D eigenvalue weighted by molar-refractivity contribution is 0.0571. The van der Waals surface area contributed by atoms with Crippen molar-refractivity contribution in [2.75, 3.05) is 13.2 Å². The summed E-state index contributed by atoms with van der Waals surface area (Å²) in [5, 5.41) is 2.40. The summed E-state index contributed by atoms with van der Waals surface area (Å²) >= 11 is 7.63. The molecule has 0 aliphatic carbocycles. The van der Waals surface area contributed by atoms with Crippen molar-refractivity contribution in [1.29, 1.82) is 0 Å². The molecule has 130 valence electrons. The van der Waals surface area contributed by atoms with Gasteiger partial charge in [-0.2, -0.15) is 4.31 Å². The number of benzene rings is 1. The first-order chi connectivity index (χ1) is 11.5. The molecule has 1 saturated heterocycles. The molecule has 0 amide bonds. The number of halogens is 1. The molecule has 0 unspecified atom stereocenters. The van der Waals surface area contributed by atoms with E-state index in [1.165, 1.54) is 0 Å². The Balaban J connectivity index is 2.00. The molecule has 1 aromatic heterocycles. The molecule has 0 N–H and O–H groups in total. The van der Waals surface area contributed by atoms with Gasteiger partial charge in [0.05, 0.1) is 4.90 Å². The van der Waals surface area contributed by atoms with Gasteiger partial charge in [-0.25, -0.2) is 8.42 Å². The molecule has 7 heteroatoms. The smallest absolute Gasteiger partial charge is 0.243 e. The highest BCUT2D eigenvalue weighted by atomic mass is 35.5. The van der Waals surface area contributed by atoms with Crippen molar-refractivity contribution in [3.63, 3.8) is 0 Å². The second-order valence-corrected chi connectivity index (χ2v) is 9.21. The van der Waals surface area contributed by atoms with Crippen LogP contribution in [0.2, 0.25) is 5.02 Å². The van der Waals surface area contributed by atoms with E-state index in [2.05, 4.69) is 0 Å². The van der Waals surface area contributed by atoms with Crippen LogP contribution in [0.3, 0.4) is 0 Å². The number of ether oxygens (including phenoxy) is 1. The van der Waals surface area contributed by atoms with E-state index in [9.17, 15) is 8.42 Å². The van der Waals surface area contributed by atoms with Crippen LogP contribution in [0.25, 0.3) is 0 Å². The van der Waals surface area contributed by atoms with E-state index < -0.39 is 10.0 Å². The Kier molecular flexibility index (Phi) is 5.62. The average molecular weight is 386 g/mol. The van der Waals surface area contributed by atoms with Crippen LogP contribution >= 0.6 is 22.9 Å². The Bertz CT molecular complexity index is 784. The fourth-order valence-electron chi connectivity index (χ4n) is 2.92. The zero-order valence-electron chi connectivity index (χ0n) is 13.4. The SMILES string of the molecule is Cc1ccc(Cl)cc1S(=O)(=O)N(Cc1cccs1)C1CCOCC1. The van der Waals surface area contributed by atoms with Crippen molar-refractivity contribution in [3.8, 4) is 0 Å². The third-order valence-corrected chi connectivity index (χ3v) is 7.36. The molecular weight excluding hydrogens is 366 g/mol.